The Morgan fingerprint density at radius 1 is 1.10 bits per heavy atom. The molecule has 1 atom stereocenters. The molecule has 0 bridgehead atoms. The Kier molecular flexibility index (Phi) is 8.41. The summed E-state index contributed by atoms with van der Waals surface area (Å²) >= 11 is 0. The molecule has 1 saturated heterocycles. The molecule has 1 unspecified atom stereocenters. The van der Waals surface area contributed by atoms with E-state index in [2.05, 4.69) is 20.5 Å². The number of likely N-dealkylation sites (N-methyl/N-ethyl adjacent to an activating group) is 1. The molecular formula is C21H28Cl2F3N5. The molecule has 2 heterocycles. The van der Waals surface area contributed by atoms with E-state index in [1.54, 1.807) is 6.07 Å². The van der Waals surface area contributed by atoms with Crippen LogP contribution >= 0.6 is 24.8 Å². The summed E-state index contributed by atoms with van der Waals surface area (Å²) < 4.78 is 39.8. The fourth-order valence-corrected chi connectivity index (χ4v) is 4.27. The first-order valence-corrected chi connectivity index (χ1v) is 10.1. The molecule has 1 aliphatic heterocycles. The van der Waals surface area contributed by atoms with E-state index in [0.717, 1.165) is 62.8 Å². The van der Waals surface area contributed by atoms with E-state index in [9.17, 15) is 13.2 Å². The van der Waals surface area contributed by atoms with Crippen LogP contribution in [0, 0.1) is 6.92 Å². The minimum atomic E-state index is -4.39. The molecule has 1 aliphatic carbocycles. The van der Waals surface area contributed by atoms with E-state index >= 15 is 0 Å². The largest absolute Gasteiger partial charge is 0.416 e. The molecule has 1 fully saturated rings. The summed E-state index contributed by atoms with van der Waals surface area (Å²) in [5.74, 6) is 1.29. The minimum Gasteiger partial charge on any atom is -0.355 e. The molecule has 0 amide bonds. The van der Waals surface area contributed by atoms with E-state index in [1.165, 1.54) is 18.6 Å². The molecule has 31 heavy (non-hydrogen) atoms. The average Bonchev–Trinajstić information content (AvgIpc) is 3.16. The number of alkyl halides is 3. The average molecular weight is 478 g/mol. The Hall–Kier alpha value is -1.77. The predicted molar refractivity (Wildman–Crippen MR) is 122 cm³/mol. The number of benzene rings is 1. The number of halogens is 5. The normalized spacial score (nSPS) is 18.1. The highest BCUT2D eigenvalue weighted by Crippen LogP contribution is 2.35. The highest BCUT2D eigenvalue weighted by Gasteiger charge is 2.32. The number of aromatic nitrogens is 2. The Morgan fingerprint density at radius 3 is 2.58 bits per heavy atom. The van der Waals surface area contributed by atoms with Crippen LogP contribution in [0.4, 0.5) is 30.6 Å². The van der Waals surface area contributed by atoms with Crippen LogP contribution in [-0.2, 0) is 19.0 Å². The smallest absolute Gasteiger partial charge is 0.355 e. The third kappa shape index (κ3) is 5.54. The Balaban J connectivity index is 0.00000171. The van der Waals surface area contributed by atoms with Crippen molar-refractivity contribution in [3.8, 4) is 0 Å². The van der Waals surface area contributed by atoms with Crippen molar-refractivity contribution >= 4 is 42.3 Å². The second kappa shape index (κ2) is 10.2. The number of aryl methyl sites for hydroxylation is 2. The highest BCUT2D eigenvalue weighted by molar-refractivity contribution is 5.85. The van der Waals surface area contributed by atoms with E-state index < -0.39 is 11.7 Å². The van der Waals surface area contributed by atoms with E-state index in [4.69, 9.17) is 4.98 Å². The lowest BCUT2D eigenvalue weighted by atomic mass is 10.1. The van der Waals surface area contributed by atoms with Crippen LogP contribution in [0.1, 0.15) is 41.6 Å². The predicted octanol–water partition coefficient (Wildman–Crippen LogP) is 5.07. The lowest BCUT2D eigenvalue weighted by Gasteiger charge is -2.34. The molecule has 1 aromatic carbocycles. The zero-order valence-electron chi connectivity index (χ0n) is 17.6. The molecule has 5 nitrogen and oxygen atoms in total. The molecular weight excluding hydrogens is 450 g/mol. The summed E-state index contributed by atoms with van der Waals surface area (Å²) in [6, 6.07) is 4.66. The molecule has 0 radical (unpaired) electrons. The maximum Gasteiger partial charge on any atom is 0.416 e. The van der Waals surface area contributed by atoms with Crippen LogP contribution in [-0.4, -0.2) is 36.1 Å². The van der Waals surface area contributed by atoms with Gasteiger partial charge in [-0.3, -0.25) is 0 Å². The van der Waals surface area contributed by atoms with Crippen molar-refractivity contribution in [1.82, 2.24) is 15.3 Å². The molecule has 2 N–H and O–H groups in total. The van der Waals surface area contributed by atoms with Crippen LogP contribution in [0.2, 0.25) is 0 Å². The summed E-state index contributed by atoms with van der Waals surface area (Å²) in [6.45, 7) is 3.27. The van der Waals surface area contributed by atoms with Crippen molar-refractivity contribution in [2.24, 2.45) is 0 Å². The van der Waals surface area contributed by atoms with Crippen LogP contribution in [0.5, 0.6) is 0 Å². The molecule has 1 aromatic heterocycles. The third-order valence-electron chi connectivity index (χ3n) is 5.84. The molecule has 0 saturated carbocycles. The van der Waals surface area contributed by atoms with Crippen molar-refractivity contribution < 1.29 is 13.2 Å². The van der Waals surface area contributed by atoms with Gasteiger partial charge in [-0.2, -0.15) is 18.2 Å². The minimum absolute atomic E-state index is 0. The number of hydrogen-bond acceptors (Lipinski definition) is 5. The second-order valence-corrected chi connectivity index (χ2v) is 7.88. The quantitative estimate of drug-likeness (QED) is 0.643. The number of piperidine rings is 1. The van der Waals surface area contributed by atoms with Crippen LogP contribution in [0.15, 0.2) is 18.2 Å². The van der Waals surface area contributed by atoms with Gasteiger partial charge < -0.3 is 15.5 Å². The maximum absolute atomic E-state index is 13.3. The highest BCUT2D eigenvalue weighted by atomic mass is 35.5. The summed E-state index contributed by atoms with van der Waals surface area (Å²) in [4.78, 5) is 11.6. The van der Waals surface area contributed by atoms with E-state index in [1.807, 2.05) is 7.05 Å². The summed E-state index contributed by atoms with van der Waals surface area (Å²) in [5.41, 5.74) is 2.10. The van der Waals surface area contributed by atoms with Crippen molar-refractivity contribution in [1.29, 1.82) is 0 Å². The molecule has 172 valence electrons. The van der Waals surface area contributed by atoms with Gasteiger partial charge in [0.2, 0.25) is 5.95 Å². The van der Waals surface area contributed by atoms with Gasteiger partial charge in [0.25, 0.3) is 0 Å². The topological polar surface area (TPSA) is 53.1 Å². The van der Waals surface area contributed by atoms with Gasteiger partial charge >= 0.3 is 6.18 Å². The Labute approximate surface area is 193 Å². The van der Waals surface area contributed by atoms with Crippen LogP contribution in [0.3, 0.4) is 0 Å². The van der Waals surface area contributed by atoms with Gasteiger partial charge in [-0.25, -0.2) is 4.98 Å². The lowest BCUT2D eigenvalue weighted by molar-refractivity contribution is -0.138. The molecule has 2 aliphatic rings. The first-order valence-electron chi connectivity index (χ1n) is 10.1. The lowest BCUT2D eigenvalue weighted by Crippen LogP contribution is -2.45. The van der Waals surface area contributed by atoms with Crippen molar-refractivity contribution in [3.63, 3.8) is 0 Å². The van der Waals surface area contributed by atoms with Crippen molar-refractivity contribution in [3.05, 3.63) is 40.6 Å². The summed E-state index contributed by atoms with van der Waals surface area (Å²) in [6.07, 6.45) is 0.697. The maximum atomic E-state index is 13.3. The Bertz CT molecular complexity index is 907. The fraction of sp³-hybridized carbons (Fsp3) is 0.524. The first kappa shape index (κ1) is 25.5. The van der Waals surface area contributed by atoms with Gasteiger partial charge in [-0.1, -0.05) is 6.07 Å². The number of nitrogens with one attached hydrogen (secondary N) is 2. The van der Waals surface area contributed by atoms with Gasteiger partial charge in [0.05, 0.1) is 11.3 Å². The third-order valence-corrected chi connectivity index (χ3v) is 5.84. The van der Waals surface area contributed by atoms with Crippen LogP contribution < -0.4 is 15.5 Å². The van der Waals surface area contributed by atoms with E-state index in [0.29, 0.717) is 17.7 Å². The fourth-order valence-electron chi connectivity index (χ4n) is 4.27. The van der Waals surface area contributed by atoms with Gasteiger partial charge in [0.1, 0.15) is 5.82 Å². The van der Waals surface area contributed by atoms with E-state index in [-0.39, 0.29) is 30.4 Å². The van der Waals surface area contributed by atoms with Crippen molar-refractivity contribution in [2.75, 3.05) is 30.4 Å². The molecule has 2 aromatic rings. The van der Waals surface area contributed by atoms with Crippen molar-refractivity contribution in [2.45, 2.75) is 51.2 Å². The molecule has 0 spiro atoms. The number of fused-ring (bicyclic) bond motifs is 1. The standard InChI is InChI=1S/C21H26F3N5.2ClH/c1-13-8-9-14(11-17(13)21(22,23)24)26-20-27-18-7-3-6-16(18)19(28-20)29-10-4-5-15(12-29)25-2;;/h8-9,11,15,25H,3-7,10,12H2,1-2H3,(H,26,27,28);2*1H. The van der Waals surface area contributed by atoms with Gasteiger partial charge in [-0.05, 0) is 63.8 Å². The number of rotatable bonds is 4. The summed E-state index contributed by atoms with van der Waals surface area (Å²) in [7, 11) is 1.97. The molecule has 10 heteroatoms. The van der Waals surface area contributed by atoms with Gasteiger partial charge in [-0.15, -0.1) is 24.8 Å². The van der Waals surface area contributed by atoms with Gasteiger partial charge in [0.15, 0.2) is 0 Å². The second-order valence-electron chi connectivity index (χ2n) is 7.88. The summed E-state index contributed by atoms with van der Waals surface area (Å²) in [5, 5.41) is 6.36. The number of hydrogen-bond donors (Lipinski definition) is 2. The number of nitrogens with zero attached hydrogens (tertiary/aromatic N) is 3. The zero-order chi connectivity index (χ0) is 20.6. The van der Waals surface area contributed by atoms with Crippen LogP contribution in [0.25, 0.3) is 0 Å². The molecule has 4 rings (SSSR count). The van der Waals surface area contributed by atoms with Gasteiger partial charge in [0, 0.05) is 30.4 Å². The number of anilines is 3. The monoisotopic (exact) mass is 477 g/mol. The SMILES string of the molecule is CNC1CCCN(c2nc(Nc3ccc(C)c(C(F)(F)F)c3)nc3c2CCC3)C1.Cl.Cl. The Morgan fingerprint density at radius 2 is 1.87 bits per heavy atom. The first-order chi connectivity index (χ1) is 13.8. The zero-order valence-corrected chi connectivity index (χ0v) is 19.2.